The molecule has 0 aliphatic rings. The fourth-order valence-corrected chi connectivity index (χ4v) is 3.31. The molecule has 2 N–H and O–H groups in total. The van der Waals surface area contributed by atoms with Gasteiger partial charge in [0.15, 0.2) is 0 Å². The van der Waals surface area contributed by atoms with Gasteiger partial charge in [-0.1, -0.05) is 18.5 Å². The standard InChI is InChI=1S/C16H17ClN2O4S/c1-3-18-24(21,22)13-7-4-11(5-8-13)16(20)19-12-6-9-15(23-2)14(17)10-12/h4-10,18H,3H2,1-2H3,(H,19,20). The predicted molar refractivity (Wildman–Crippen MR) is 93.3 cm³/mol. The van der Waals surface area contributed by atoms with Gasteiger partial charge in [-0.05, 0) is 42.5 Å². The van der Waals surface area contributed by atoms with Crippen LogP contribution in [-0.2, 0) is 10.0 Å². The topological polar surface area (TPSA) is 84.5 Å². The Hall–Kier alpha value is -2.09. The van der Waals surface area contributed by atoms with Crippen LogP contribution in [0.2, 0.25) is 5.02 Å². The number of amides is 1. The van der Waals surface area contributed by atoms with Gasteiger partial charge in [0.1, 0.15) is 5.75 Å². The molecule has 8 heteroatoms. The summed E-state index contributed by atoms with van der Waals surface area (Å²) in [7, 11) is -2.04. The average molecular weight is 369 g/mol. The van der Waals surface area contributed by atoms with Crippen LogP contribution in [0.5, 0.6) is 5.75 Å². The molecular formula is C16H17ClN2O4S. The van der Waals surface area contributed by atoms with E-state index in [1.165, 1.54) is 31.4 Å². The molecule has 2 aromatic carbocycles. The molecule has 0 heterocycles. The van der Waals surface area contributed by atoms with Crippen LogP contribution >= 0.6 is 11.6 Å². The van der Waals surface area contributed by atoms with Crippen molar-refractivity contribution in [2.45, 2.75) is 11.8 Å². The monoisotopic (exact) mass is 368 g/mol. The van der Waals surface area contributed by atoms with E-state index in [1.807, 2.05) is 0 Å². The van der Waals surface area contributed by atoms with Crippen molar-refractivity contribution in [3.8, 4) is 5.75 Å². The summed E-state index contributed by atoms with van der Waals surface area (Å²) < 4.78 is 31.2. The van der Waals surface area contributed by atoms with Gasteiger partial charge in [-0.25, -0.2) is 13.1 Å². The Morgan fingerprint density at radius 1 is 1.17 bits per heavy atom. The summed E-state index contributed by atoms with van der Waals surface area (Å²) >= 11 is 6.01. The van der Waals surface area contributed by atoms with Crippen molar-refractivity contribution in [1.82, 2.24) is 4.72 Å². The van der Waals surface area contributed by atoms with E-state index in [0.717, 1.165) is 0 Å². The Morgan fingerprint density at radius 3 is 2.38 bits per heavy atom. The first-order valence-electron chi connectivity index (χ1n) is 7.12. The van der Waals surface area contributed by atoms with Crippen LogP contribution < -0.4 is 14.8 Å². The number of sulfonamides is 1. The van der Waals surface area contributed by atoms with Crippen LogP contribution in [0.25, 0.3) is 0 Å². The van der Waals surface area contributed by atoms with Crippen molar-refractivity contribution in [3.05, 3.63) is 53.1 Å². The molecule has 0 atom stereocenters. The molecule has 0 aromatic heterocycles. The molecule has 0 saturated heterocycles. The summed E-state index contributed by atoms with van der Waals surface area (Å²) in [5.74, 6) is 0.135. The van der Waals surface area contributed by atoms with Gasteiger partial charge in [-0.2, -0.15) is 0 Å². The smallest absolute Gasteiger partial charge is 0.255 e. The summed E-state index contributed by atoms with van der Waals surface area (Å²) in [5, 5.41) is 3.07. The highest BCUT2D eigenvalue weighted by molar-refractivity contribution is 7.89. The highest BCUT2D eigenvalue weighted by Gasteiger charge is 2.14. The van der Waals surface area contributed by atoms with Crippen molar-refractivity contribution in [2.75, 3.05) is 19.0 Å². The number of nitrogens with one attached hydrogen (secondary N) is 2. The SMILES string of the molecule is CCNS(=O)(=O)c1ccc(C(=O)Nc2ccc(OC)c(Cl)c2)cc1. The van der Waals surface area contributed by atoms with Gasteiger partial charge in [0.25, 0.3) is 5.91 Å². The van der Waals surface area contributed by atoms with Crippen LogP contribution in [0.4, 0.5) is 5.69 Å². The fraction of sp³-hybridized carbons (Fsp3) is 0.188. The van der Waals surface area contributed by atoms with Gasteiger partial charge >= 0.3 is 0 Å². The molecule has 0 saturated carbocycles. The number of halogens is 1. The zero-order chi connectivity index (χ0) is 17.7. The second kappa shape index (κ2) is 7.65. The zero-order valence-electron chi connectivity index (χ0n) is 13.2. The summed E-state index contributed by atoms with van der Waals surface area (Å²) in [6.45, 7) is 1.99. The van der Waals surface area contributed by atoms with E-state index in [2.05, 4.69) is 10.0 Å². The van der Waals surface area contributed by atoms with Crippen LogP contribution in [0.3, 0.4) is 0 Å². The second-order valence-corrected chi connectivity index (χ2v) is 7.00. The zero-order valence-corrected chi connectivity index (χ0v) is 14.7. The van der Waals surface area contributed by atoms with E-state index in [9.17, 15) is 13.2 Å². The van der Waals surface area contributed by atoms with Gasteiger partial charge in [0.2, 0.25) is 10.0 Å². The maximum Gasteiger partial charge on any atom is 0.255 e. The van der Waals surface area contributed by atoms with Gasteiger partial charge < -0.3 is 10.1 Å². The molecule has 0 aliphatic carbocycles. The summed E-state index contributed by atoms with van der Waals surface area (Å²) in [6.07, 6.45) is 0. The molecule has 0 fully saturated rings. The number of hydrogen-bond acceptors (Lipinski definition) is 4. The third-order valence-corrected chi connectivity index (χ3v) is 5.03. The van der Waals surface area contributed by atoms with E-state index in [1.54, 1.807) is 25.1 Å². The number of anilines is 1. The van der Waals surface area contributed by atoms with Gasteiger partial charge in [-0.3, -0.25) is 4.79 Å². The molecule has 0 bridgehead atoms. The average Bonchev–Trinajstić information content (AvgIpc) is 2.55. The Bertz CT molecular complexity index is 836. The Kier molecular flexibility index (Phi) is 5.82. The quantitative estimate of drug-likeness (QED) is 0.821. The molecule has 1 amide bonds. The minimum absolute atomic E-state index is 0.105. The molecule has 0 radical (unpaired) electrons. The van der Waals surface area contributed by atoms with Crippen LogP contribution in [0.1, 0.15) is 17.3 Å². The maximum absolute atomic E-state index is 12.2. The van der Waals surface area contributed by atoms with Crippen molar-refractivity contribution in [3.63, 3.8) is 0 Å². The van der Waals surface area contributed by atoms with E-state index < -0.39 is 10.0 Å². The number of rotatable bonds is 6. The summed E-state index contributed by atoms with van der Waals surface area (Å²) in [5.41, 5.74) is 0.840. The Labute approximate surface area is 145 Å². The lowest BCUT2D eigenvalue weighted by Gasteiger charge is -2.09. The van der Waals surface area contributed by atoms with Crippen molar-refractivity contribution in [1.29, 1.82) is 0 Å². The first-order chi connectivity index (χ1) is 11.4. The lowest BCUT2D eigenvalue weighted by Crippen LogP contribution is -2.23. The predicted octanol–water partition coefficient (Wildman–Crippen LogP) is 2.90. The van der Waals surface area contributed by atoms with Crippen molar-refractivity contribution >= 4 is 33.2 Å². The van der Waals surface area contributed by atoms with Crippen LogP contribution in [0.15, 0.2) is 47.4 Å². The molecule has 128 valence electrons. The first kappa shape index (κ1) is 18.3. The molecule has 2 aromatic rings. The van der Waals surface area contributed by atoms with Crippen molar-refractivity contribution < 1.29 is 17.9 Å². The highest BCUT2D eigenvalue weighted by Crippen LogP contribution is 2.27. The molecule has 6 nitrogen and oxygen atoms in total. The van der Waals surface area contributed by atoms with E-state index in [-0.39, 0.29) is 10.8 Å². The lowest BCUT2D eigenvalue weighted by atomic mass is 10.2. The maximum atomic E-state index is 12.2. The molecule has 0 unspecified atom stereocenters. The normalized spacial score (nSPS) is 11.1. The minimum atomic E-state index is -3.54. The number of carbonyl (C=O) groups excluding carboxylic acids is 1. The largest absolute Gasteiger partial charge is 0.495 e. The van der Waals surface area contributed by atoms with E-state index in [4.69, 9.17) is 16.3 Å². The number of benzene rings is 2. The number of ether oxygens (including phenoxy) is 1. The fourth-order valence-electron chi connectivity index (χ4n) is 2.01. The third kappa shape index (κ3) is 4.25. The van der Waals surface area contributed by atoms with Crippen LogP contribution in [-0.4, -0.2) is 28.0 Å². The molecule has 24 heavy (non-hydrogen) atoms. The lowest BCUT2D eigenvalue weighted by molar-refractivity contribution is 0.102. The van der Waals surface area contributed by atoms with E-state index >= 15 is 0 Å². The Balaban J connectivity index is 2.14. The Morgan fingerprint density at radius 2 is 1.83 bits per heavy atom. The van der Waals surface area contributed by atoms with E-state index in [0.29, 0.717) is 28.6 Å². The minimum Gasteiger partial charge on any atom is -0.495 e. The molecule has 2 rings (SSSR count). The summed E-state index contributed by atoms with van der Waals surface area (Å²) in [4.78, 5) is 12.3. The van der Waals surface area contributed by atoms with Crippen molar-refractivity contribution in [2.24, 2.45) is 0 Å². The molecule has 0 aliphatic heterocycles. The number of hydrogen-bond donors (Lipinski definition) is 2. The van der Waals surface area contributed by atoms with Gasteiger partial charge in [-0.15, -0.1) is 0 Å². The number of carbonyl (C=O) groups is 1. The van der Waals surface area contributed by atoms with Gasteiger partial charge in [0.05, 0.1) is 17.0 Å². The van der Waals surface area contributed by atoms with Gasteiger partial charge in [0, 0.05) is 17.8 Å². The second-order valence-electron chi connectivity index (χ2n) is 4.83. The third-order valence-electron chi connectivity index (χ3n) is 3.17. The highest BCUT2D eigenvalue weighted by atomic mass is 35.5. The summed E-state index contributed by atoms with van der Waals surface area (Å²) in [6, 6.07) is 10.5. The first-order valence-corrected chi connectivity index (χ1v) is 8.98. The molecular weight excluding hydrogens is 352 g/mol. The van der Waals surface area contributed by atoms with Crippen LogP contribution in [0, 0.1) is 0 Å². The number of methoxy groups -OCH3 is 1. The molecule has 0 spiro atoms.